The maximum atomic E-state index is 10.6. The lowest BCUT2D eigenvalue weighted by Crippen LogP contribution is -2.24. The van der Waals surface area contributed by atoms with Gasteiger partial charge in [0, 0.05) is 6.61 Å². The highest BCUT2D eigenvalue weighted by Crippen LogP contribution is 2.01. The van der Waals surface area contributed by atoms with E-state index in [2.05, 4.69) is 19.6 Å². The van der Waals surface area contributed by atoms with Gasteiger partial charge >= 0.3 is 0 Å². The van der Waals surface area contributed by atoms with Gasteiger partial charge in [0.15, 0.2) is 10.2 Å². The molecule has 0 aromatic heterocycles. The molecule has 16 heavy (non-hydrogen) atoms. The van der Waals surface area contributed by atoms with Crippen molar-refractivity contribution in [1.82, 2.24) is 0 Å². The molecule has 0 rings (SSSR count). The summed E-state index contributed by atoms with van der Waals surface area (Å²) in [6, 6.07) is 0. The minimum atomic E-state index is -1.06. The summed E-state index contributed by atoms with van der Waals surface area (Å²) in [4.78, 5) is 10.6. The third kappa shape index (κ3) is 9.08. The second-order valence-electron chi connectivity index (χ2n) is 3.25. The number of aliphatic hydroxyl groups excluding tert-OH is 1. The molecule has 0 aromatic rings. The third-order valence-corrected chi connectivity index (χ3v) is 2.33. The molecule has 0 radical (unpaired) electrons. The summed E-state index contributed by atoms with van der Waals surface area (Å²) in [5, 5.41) is 8.95. The zero-order valence-corrected chi connectivity index (χ0v) is 11.1. The molecule has 0 spiro atoms. The van der Waals surface area contributed by atoms with Gasteiger partial charge in [0.1, 0.15) is 12.7 Å². The van der Waals surface area contributed by atoms with Crippen LogP contribution in [0.2, 0.25) is 0 Å². The first-order chi connectivity index (χ1) is 7.57. The van der Waals surface area contributed by atoms with Crippen molar-refractivity contribution in [3.8, 4) is 0 Å². The first kappa shape index (κ1) is 15.8. The van der Waals surface area contributed by atoms with E-state index in [0.717, 1.165) is 12.8 Å². The van der Waals surface area contributed by atoms with Crippen LogP contribution in [0.1, 0.15) is 26.2 Å². The van der Waals surface area contributed by atoms with Crippen LogP contribution in [0.15, 0.2) is 0 Å². The first-order valence-corrected chi connectivity index (χ1v) is 6.07. The average Bonchev–Trinajstić information content (AvgIpc) is 2.21. The Morgan fingerprint density at radius 1 is 1.44 bits per heavy atom. The molecule has 0 bridgehead atoms. The summed E-state index contributed by atoms with van der Waals surface area (Å²) in [7, 11) is 0. The second-order valence-corrected chi connectivity index (χ2v) is 4.15. The highest BCUT2D eigenvalue weighted by atomic mass is 32.1. The fourth-order valence-corrected chi connectivity index (χ4v) is 1.23. The Morgan fingerprint density at radius 2 is 2.12 bits per heavy atom. The van der Waals surface area contributed by atoms with Crippen LogP contribution in [0.5, 0.6) is 0 Å². The number of thiocarbonyl (C=S) groups is 1. The topological polar surface area (TPSA) is 55.8 Å². The van der Waals surface area contributed by atoms with Gasteiger partial charge in [0.2, 0.25) is 0 Å². The van der Waals surface area contributed by atoms with E-state index in [4.69, 9.17) is 21.7 Å². The third-order valence-electron chi connectivity index (χ3n) is 1.75. The van der Waals surface area contributed by atoms with Crippen LogP contribution in [0.4, 0.5) is 0 Å². The Balaban J connectivity index is 3.46. The molecule has 1 N–H and O–H groups in total. The first-order valence-electron chi connectivity index (χ1n) is 5.22. The molecule has 0 fully saturated rings. The van der Waals surface area contributed by atoms with Gasteiger partial charge in [0.05, 0.1) is 13.0 Å². The highest BCUT2D eigenvalue weighted by Gasteiger charge is 2.14. The number of hydrogen-bond acceptors (Lipinski definition) is 5. The molecule has 94 valence electrons. The maximum absolute atomic E-state index is 10.6. The van der Waals surface area contributed by atoms with E-state index < -0.39 is 11.2 Å². The number of hydrogen-bond donors (Lipinski definition) is 2. The largest absolute Gasteiger partial charge is 0.482 e. The minimum absolute atomic E-state index is 0.0153. The molecule has 0 aliphatic heterocycles. The predicted octanol–water partition coefficient (Wildman–Crippen LogP) is 1.35. The van der Waals surface area contributed by atoms with Crippen LogP contribution in [0.3, 0.4) is 0 Å². The SMILES string of the molecule is CCCCOCCOC(=S)C(O)CC(=O)S. The average molecular weight is 266 g/mol. The van der Waals surface area contributed by atoms with E-state index in [1.54, 1.807) is 0 Å². The van der Waals surface area contributed by atoms with Gasteiger partial charge in [-0.15, -0.1) is 12.6 Å². The lowest BCUT2D eigenvalue weighted by atomic mass is 10.3. The molecule has 0 aromatic carbocycles. The normalized spacial score (nSPS) is 12.2. The summed E-state index contributed by atoms with van der Waals surface area (Å²) in [5.41, 5.74) is 0. The number of carbonyl (C=O) groups excluding carboxylic acids is 1. The molecule has 0 saturated heterocycles. The van der Waals surface area contributed by atoms with E-state index >= 15 is 0 Å². The van der Waals surface area contributed by atoms with Crippen LogP contribution in [0.25, 0.3) is 0 Å². The lowest BCUT2D eigenvalue weighted by molar-refractivity contribution is -0.111. The molecule has 0 aliphatic rings. The maximum Gasteiger partial charge on any atom is 0.189 e. The van der Waals surface area contributed by atoms with Crippen LogP contribution >= 0.6 is 24.8 Å². The molecule has 4 nitrogen and oxygen atoms in total. The Hall–Kier alpha value is -0.170. The standard InChI is InChI=1S/C10H18O4S2/c1-2-3-4-13-5-6-14-10(16)8(11)7-9(12)15/h8,11H,2-7H2,1H3,(H,12,15). The summed E-state index contributed by atoms with van der Waals surface area (Å²) < 4.78 is 10.3. The van der Waals surface area contributed by atoms with Gasteiger partial charge in [-0.3, -0.25) is 4.79 Å². The molecule has 0 heterocycles. The number of thiol groups is 1. The van der Waals surface area contributed by atoms with E-state index in [-0.39, 0.29) is 11.5 Å². The van der Waals surface area contributed by atoms with Gasteiger partial charge in [-0.05, 0) is 18.6 Å². The molecule has 6 heteroatoms. The van der Waals surface area contributed by atoms with Gasteiger partial charge < -0.3 is 14.6 Å². The van der Waals surface area contributed by atoms with E-state index in [1.807, 2.05) is 0 Å². The molecular weight excluding hydrogens is 248 g/mol. The van der Waals surface area contributed by atoms with Crippen molar-refractivity contribution in [2.75, 3.05) is 19.8 Å². The van der Waals surface area contributed by atoms with E-state index in [0.29, 0.717) is 19.8 Å². The van der Waals surface area contributed by atoms with Crippen molar-refractivity contribution < 1.29 is 19.4 Å². The quantitative estimate of drug-likeness (QED) is 0.375. The Labute approximate surface area is 107 Å². The van der Waals surface area contributed by atoms with Crippen molar-refractivity contribution in [3.05, 3.63) is 0 Å². The monoisotopic (exact) mass is 266 g/mol. The molecule has 0 amide bonds. The number of aliphatic hydroxyl groups is 1. The van der Waals surface area contributed by atoms with Gasteiger partial charge in [-0.25, -0.2) is 0 Å². The second kappa shape index (κ2) is 10.0. The molecule has 1 unspecified atom stereocenters. The Kier molecular flexibility index (Phi) is 9.91. The Bertz CT molecular complexity index is 221. The molecule has 0 aliphatic carbocycles. The summed E-state index contributed by atoms with van der Waals surface area (Å²) >= 11 is 8.32. The van der Waals surface area contributed by atoms with E-state index in [9.17, 15) is 9.90 Å². The van der Waals surface area contributed by atoms with Gasteiger partial charge in [0.25, 0.3) is 0 Å². The number of ether oxygens (including phenoxy) is 2. The molecular formula is C10H18O4S2. The van der Waals surface area contributed by atoms with Crippen LogP contribution in [-0.2, 0) is 14.3 Å². The van der Waals surface area contributed by atoms with Crippen LogP contribution in [-0.4, -0.2) is 41.2 Å². The van der Waals surface area contributed by atoms with Crippen LogP contribution in [0, 0.1) is 0 Å². The van der Waals surface area contributed by atoms with Crippen molar-refractivity contribution in [2.24, 2.45) is 0 Å². The summed E-state index contributed by atoms with van der Waals surface area (Å²) in [5.74, 6) is 0. The van der Waals surface area contributed by atoms with Crippen LogP contribution < -0.4 is 0 Å². The zero-order chi connectivity index (χ0) is 12.4. The van der Waals surface area contributed by atoms with Gasteiger partial charge in [-0.1, -0.05) is 13.3 Å². The zero-order valence-electron chi connectivity index (χ0n) is 9.35. The summed E-state index contributed by atoms with van der Waals surface area (Å²) in [6.07, 6.45) is 0.915. The minimum Gasteiger partial charge on any atom is -0.482 e. The Morgan fingerprint density at radius 3 is 2.69 bits per heavy atom. The number of rotatable bonds is 9. The highest BCUT2D eigenvalue weighted by molar-refractivity contribution is 7.96. The number of unbranched alkanes of at least 4 members (excludes halogenated alkanes) is 1. The van der Waals surface area contributed by atoms with Crippen molar-refractivity contribution in [2.45, 2.75) is 32.3 Å². The number of carbonyl (C=O) groups is 1. The predicted molar refractivity (Wildman–Crippen MR) is 68.9 cm³/mol. The lowest BCUT2D eigenvalue weighted by Gasteiger charge is -2.11. The van der Waals surface area contributed by atoms with Crippen molar-refractivity contribution in [1.29, 1.82) is 0 Å². The fourth-order valence-electron chi connectivity index (χ4n) is 0.895. The smallest absolute Gasteiger partial charge is 0.189 e. The molecule has 1 atom stereocenters. The fraction of sp³-hybridized carbons (Fsp3) is 0.800. The van der Waals surface area contributed by atoms with Crippen molar-refractivity contribution >= 4 is 35.0 Å². The molecule has 0 saturated carbocycles. The van der Waals surface area contributed by atoms with E-state index in [1.165, 1.54) is 0 Å². The van der Waals surface area contributed by atoms with Gasteiger partial charge in [-0.2, -0.15) is 0 Å². The summed E-state index contributed by atoms with van der Waals surface area (Å²) in [6.45, 7) is 3.51. The van der Waals surface area contributed by atoms with Crippen molar-refractivity contribution in [3.63, 3.8) is 0 Å².